The zero-order valence-corrected chi connectivity index (χ0v) is 11.3. The van der Waals surface area contributed by atoms with E-state index in [4.69, 9.17) is 0 Å². The minimum Gasteiger partial charge on any atom is -0.341 e. The lowest BCUT2D eigenvalue weighted by atomic mass is 10.2. The summed E-state index contributed by atoms with van der Waals surface area (Å²) in [6.07, 6.45) is 2.31. The van der Waals surface area contributed by atoms with Gasteiger partial charge >= 0.3 is 0 Å². The fraction of sp³-hybridized carbons (Fsp3) is 0.615. The van der Waals surface area contributed by atoms with Crippen molar-refractivity contribution in [2.24, 2.45) is 0 Å². The Morgan fingerprint density at radius 3 is 2.82 bits per heavy atom. The number of carbonyl (C=O) groups excluding carboxylic acids is 1. The molecule has 1 N–H and O–H groups in total. The number of thiophene rings is 1. The molecule has 0 bridgehead atoms. The van der Waals surface area contributed by atoms with Crippen LogP contribution < -0.4 is 5.32 Å². The highest BCUT2D eigenvalue weighted by molar-refractivity contribution is 7.10. The van der Waals surface area contributed by atoms with Gasteiger partial charge < -0.3 is 10.2 Å². The molecule has 17 heavy (non-hydrogen) atoms. The molecule has 94 valence electrons. The summed E-state index contributed by atoms with van der Waals surface area (Å²) in [5.74, 6) is 0.247. The molecule has 1 aliphatic rings. The van der Waals surface area contributed by atoms with Crippen LogP contribution in [0.1, 0.15) is 30.2 Å². The Hall–Kier alpha value is -0.870. The van der Waals surface area contributed by atoms with Gasteiger partial charge in [-0.2, -0.15) is 0 Å². The smallest absolute Gasteiger partial charge is 0.239 e. The third-order valence-corrected chi connectivity index (χ3v) is 4.35. The van der Waals surface area contributed by atoms with Crippen LogP contribution in [0.15, 0.2) is 11.4 Å². The van der Waals surface area contributed by atoms with Crippen molar-refractivity contribution in [2.45, 2.75) is 39.3 Å². The van der Waals surface area contributed by atoms with Crippen molar-refractivity contribution in [3.05, 3.63) is 21.9 Å². The maximum Gasteiger partial charge on any atom is 0.239 e. The van der Waals surface area contributed by atoms with Gasteiger partial charge in [0.1, 0.15) is 0 Å². The van der Waals surface area contributed by atoms with Gasteiger partial charge in [-0.3, -0.25) is 4.79 Å². The molecule has 1 aromatic heterocycles. The van der Waals surface area contributed by atoms with E-state index in [9.17, 15) is 4.79 Å². The van der Waals surface area contributed by atoms with E-state index < -0.39 is 0 Å². The summed E-state index contributed by atoms with van der Waals surface area (Å²) in [5.41, 5.74) is 1.31. The third-order valence-electron chi connectivity index (χ3n) is 3.33. The summed E-state index contributed by atoms with van der Waals surface area (Å²) in [6, 6.07) is 2.05. The monoisotopic (exact) mass is 252 g/mol. The second kappa shape index (κ2) is 5.65. The number of hydrogen-bond acceptors (Lipinski definition) is 3. The van der Waals surface area contributed by atoms with E-state index in [0.29, 0.717) is 0 Å². The van der Waals surface area contributed by atoms with Crippen molar-refractivity contribution in [3.63, 3.8) is 0 Å². The first kappa shape index (κ1) is 12.6. The van der Waals surface area contributed by atoms with Crippen LogP contribution in [0.2, 0.25) is 0 Å². The van der Waals surface area contributed by atoms with Crippen LogP contribution in [0.3, 0.4) is 0 Å². The number of nitrogens with zero attached hydrogens (tertiary/aromatic N) is 1. The van der Waals surface area contributed by atoms with Gasteiger partial charge in [0.05, 0.1) is 6.04 Å². The highest BCUT2D eigenvalue weighted by Crippen LogP contribution is 2.15. The van der Waals surface area contributed by atoms with Crippen LogP contribution >= 0.6 is 11.3 Å². The Bertz CT molecular complexity index is 383. The molecule has 4 heteroatoms. The van der Waals surface area contributed by atoms with E-state index >= 15 is 0 Å². The summed E-state index contributed by atoms with van der Waals surface area (Å²) in [6.45, 7) is 6.74. The zero-order chi connectivity index (χ0) is 12.3. The van der Waals surface area contributed by atoms with Gasteiger partial charge in [0, 0.05) is 24.5 Å². The van der Waals surface area contributed by atoms with Crippen LogP contribution in [-0.4, -0.2) is 29.9 Å². The van der Waals surface area contributed by atoms with Gasteiger partial charge in [-0.05, 0) is 43.7 Å². The minimum atomic E-state index is -0.0744. The molecular weight excluding hydrogens is 232 g/mol. The minimum absolute atomic E-state index is 0.0744. The standard InChI is InChI=1S/C13H20N2OS/c1-10-5-8-17-12(10)9-14-11(2)13(16)15-6-3-4-7-15/h5,8,11,14H,3-4,6-7,9H2,1-2H3. The Morgan fingerprint density at radius 1 is 1.53 bits per heavy atom. The SMILES string of the molecule is Cc1ccsc1CNC(C)C(=O)N1CCCC1. The van der Waals surface area contributed by atoms with Gasteiger partial charge in [-0.25, -0.2) is 0 Å². The molecule has 2 heterocycles. The molecule has 0 spiro atoms. The number of nitrogens with one attached hydrogen (secondary N) is 1. The lowest BCUT2D eigenvalue weighted by Gasteiger charge is -2.21. The van der Waals surface area contributed by atoms with E-state index in [0.717, 1.165) is 32.5 Å². The molecule has 0 radical (unpaired) electrons. The molecular formula is C13H20N2OS. The maximum absolute atomic E-state index is 12.1. The summed E-state index contributed by atoms with van der Waals surface area (Å²) in [5, 5.41) is 5.42. The Labute approximate surface area is 107 Å². The van der Waals surface area contributed by atoms with Crippen molar-refractivity contribution in [1.82, 2.24) is 10.2 Å². The lowest BCUT2D eigenvalue weighted by molar-refractivity contribution is -0.131. The molecule has 0 saturated carbocycles. The molecule has 0 aromatic carbocycles. The molecule has 1 atom stereocenters. The Morgan fingerprint density at radius 2 is 2.24 bits per heavy atom. The summed E-state index contributed by atoms with van der Waals surface area (Å²) in [7, 11) is 0. The van der Waals surface area contributed by atoms with Crippen LogP contribution in [0.4, 0.5) is 0 Å². The molecule has 1 aromatic rings. The van der Waals surface area contributed by atoms with Crippen LogP contribution in [0, 0.1) is 6.92 Å². The topological polar surface area (TPSA) is 32.3 Å². The molecule has 1 fully saturated rings. The number of carbonyl (C=O) groups is 1. The van der Waals surface area contributed by atoms with E-state index in [-0.39, 0.29) is 11.9 Å². The number of amides is 1. The van der Waals surface area contributed by atoms with Crippen molar-refractivity contribution in [1.29, 1.82) is 0 Å². The average Bonchev–Trinajstić information content (AvgIpc) is 2.96. The second-order valence-electron chi connectivity index (χ2n) is 4.66. The van der Waals surface area contributed by atoms with Crippen molar-refractivity contribution >= 4 is 17.2 Å². The summed E-state index contributed by atoms with van der Waals surface area (Å²) in [4.78, 5) is 15.4. The lowest BCUT2D eigenvalue weighted by Crippen LogP contribution is -2.43. The molecule has 3 nitrogen and oxygen atoms in total. The average molecular weight is 252 g/mol. The predicted molar refractivity (Wildman–Crippen MR) is 71.2 cm³/mol. The quantitative estimate of drug-likeness (QED) is 0.890. The van der Waals surface area contributed by atoms with Crippen molar-refractivity contribution in [3.8, 4) is 0 Å². The van der Waals surface area contributed by atoms with Gasteiger partial charge in [-0.1, -0.05) is 0 Å². The van der Waals surface area contributed by atoms with Crippen molar-refractivity contribution < 1.29 is 4.79 Å². The molecule has 1 saturated heterocycles. The molecule has 1 amide bonds. The fourth-order valence-corrected chi connectivity index (χ4v) is 2.99. The molecule has 1 unspecified atom stereocenters. The van der Waals surface area contributed by atoms with Crippen LogP contribution in [0.25, 0.3) is 0 Å². The van der Waals surface area contributed by atoms with Gasteiger partial charge in [0.15, 0.2) is 0 Å². The number of hydrogen-bond donors (Lipinski definition) is 1. The van der Waals surface area contributed by atoms with Gasteiger partial charge in [-0.15, -0.1) is 11.3 Å². The fourth-order valence-electron chi connectivity index (χ4n) is 2.13. The van der Waals surface area contributed by atoms with E-state index in [2.05, 4.69) is 23.7 Å². The molecule has 1 aliphatic heterocycles. The normalized spacial score (nSPS) is 17.4. The second-order valence-corrected chi connectivity index (χ2v) is 5.66. The largest absolute Gasteiger partial charge is 0.341 e. The summed E-state index contributed by atoms with van der Waals surface area (Å²) < 4.78 is 0. The highest BCUT2D eigenvalue weighted by Gasteiger charge is 2.22. The first-order chi connectivity index (χ1) is 8.18. The third kappa shape index (κ3) is 3.07. The van der Waals surface area contributed by atoms with E-state index in [1.807, 2.05) is 11.8 Å². The first-order valence-corrected chi connectivity index (χ1v) is 7.11. The van der Waals surface area contributed by atoms with Crippen LogP contribution in [-0.2, 0) is 11.3 Å². The number of rotatable bonds is 4. The Kier molecular flexibility index (Phi) is 4.18. The van der Waals surface area contributed by atoms with Gasteiger partial charge in [0.25, 0.3) is 0 Å². The van der Waals surface area contributed by atoms with E-state index in [1.54, 1.807) is 11.3 Å². The highest BCUT2D eigenvalue weighted by atomic mass is 32.1. The maximum atomic E-state index is 12.1. The van der Waals surface area contributed by atoms with Gasteiger partial charge in [0.2, 0.25) is 5.91 Å². The first-order valence-electron chi connectivity index (χ1n) is 6.23. The summed E-state index contributed by atoms with van der Waals surface area (Å²) >= 11 is 1.75. The Balaban J connectivity index is 1.82. The number of likely N-dealkylation sites (tertiary alicyclic amines) is 1. The van der Waals surface area contributed by atoms with E-state index in [1.165, 1.54) is 10.4 Å². The molecule has 0 aliphatic carbocycles. The van der Waals surface area contributed by atoms with Crippen LogP contribution in [0.5, 0.6) is 0 Å². The predicted octanol–water partition coefficient (Wildman–Crippen LogP) is 2.16. The van der Waals surface area contributed by atoms with Crippen molar-refractivity contribution in [2.75, 3.05) is 13.1 Å². The molecule has 2 rings (SSSR count). The number of aryl methyl sites for hydroxylation is 1. The zero-order valence-electron chi connectivity index (χ0n) is 10.5.